The second kappa shape index (κ2) is 6.91. The van der Waals surface area contributed by atoms with Gasteiger partial charge < -0.3 is 15.2 Å². The summed E-state index contributed by atoms with van der Waals surface area (Å²) in [5.41, 5.74) is 0.361. The molecule has 3 aromatic heterocycles. The first-order chi connectivity index (χ1) is 11.8. The van der Waals surface area contributed by atoms with E-state index in [1.54, 1.807) is 19.1 Å². The Morgan fingerprint density at radius 2 is 2.20 bits per heavy atom. The molecule has 1 amide bonds. The van der Waals surface area contributed by atoms with Gasteiger partial charge in [0.25, 0.3) is 11.5 Å². The van der Waals surface area contributed by atoms with Gasteiger partial charge in [-0.1, -0.05) is 11.6 Å². The number of hydrogen-bond acceptors (Lipinski definition) is 6. The van der Waals surface area contributed by atoms with Crippen LogP contribution in [0.4, 0.5) is 5.82 Å². The summed E-state index contributed by atoms with van der Waals surface area (Å²) in [6, 6.07) is 3.18. The minimum Gasteiger partial charge on any atom is -0.309 e. The fourth-order valence-corrected chi connectivity index (χ4v) is 3.68. The number of nitrogens with zero attached hydrogens (tertiary/aromatic N) is 3. The van der Waals surface area contributed by atoms with Gasteiger partial charge in [-0.3, -0.25) is 9.59 Å². The predicted octanol–water partition coefficient (Wildman–Crippen LogP) is 2.66. The molecule has 3 aromatic rings. The van der Waals surface area contributed by atoms with Gasteiger partial charge in [0.1, 0.15) is 16.5 Å². The highest BCUT2D eigenvalue weighted by Gasteiger charge is 2.20. The number of halogens is 1. The minimum atomic E-state index is -0.344. The van der Waals surface area contributed by atoms with Crippen molar-refractivity contribution in [2.75, 3.05) is 19.4 Å². The van der Waals surface area contributed by atoms with E-state index in [-0.39, 0.29) is 11.5 Å². The Labute approximate surface area is 152 Å². The number of amides is 1. The zero-order chi connectivity index (χ0) is 18.1. The number of H-pyrrole nitrogens is 1. The van der Waals surface area contributed by atoms with Crippen LogP contribution in [0.15, 0.2) is 23.1 Å². The van der Waals surface area contributed by atoms with E-state index >= 15 is 0 Å². The SMILES string of the molecule is Cc1c(C(=O)Nc2cc(Cl)ccn2)sc2nc(CN(C)C)[nH]c(=O)c12. The van der Waals surface area contributed by atoms with Crippen LogP contribution in [0.5, 0.6) is 0 Å². The lowest BCUT2D eigenvalue weighted by Gasteiger charge is -2.07. The fraction of sp³-hybridized carbons (Fsp3) is 0.250. The van der Waals surface area contributed by atoms with Crippen molar-refractivity contribution in [3.8, 4) is 0 Å². The lowest BCUT2D eigenvalue weighted by molar-refractivity contribution is 0.102. The number of carbonyl (C=O) groups is 1. The Kier molecular flexibility index (Phi) is 4.85. The van der Waals surface area contributed by atoms with Crippen molar-refractivity contribution >= 4 is 44.9 Å². The van der Waals surface area contributed by atoms with Crippen molar-refractivity contribution in [1.82, 2.24) is 19.9 Å². The lowest BCUT2D eigenvalue weighted by Crippen LogP contribution is -2.18. The first-order valence-corrected chi connectivity index (χ1v) is 8.64. The molecule has 2 N–H and O–H groups in total. The summed E-state index contributed by atoms with van der Waals surface area (Å²) in [7, 11) is 3.78. The number of nitrogens with one attached hydrogen (secondary N) is 2. The molecule has 3 heterocycles. The summed E-state index contributed by atoms with van der Waals surface area (Å²) in [5, 5.41) is 3.61. The summed E-state index contributed by atoms with van der Waals surface area (Å²) >= 11 is 7.09. The van der Waals surface area contributed by atoms with Gasteiger partial charge in [0.2, 0.25) is 0 Å². The second-order valence-corrected chi connectivity index (χ2v) is 7.24. The standard InChI is InChI=1S/C16H16ClN5O2S/c1-8-12-14(23)20-11(7-22(2)3)21-16(12)25-13(8)15(24)19-10-6-9(17)4-5-18-10/h4-6H,7H2,1-3H3,(H,18,19,24)(H,20,21,23). The van der Waals surface area contributed by atoms with Crippen LogP contribution in [0.3, 0.4) is 0 Å². The molecule has 0 fully saturated rings. The molecule has 25 heavy (non-hydrogen) atoms. The monoisotopic (exact) mass is 377 g/mol. The Bertz CT molecular complexity index is 1010. The van der Waals surface area contributed by atoms with Crippen molar-refractivity contribution in [2.45, 2.75) is 13.5 Å². The van der Waals surface area contributed by atoms with Crippen molar-refractivity contribution in [3.05, 3.63) is 50.0 Å². The number of anilines is 1. The van der Waals surface area contributed by atoms with E-state index in [9.17, 15) is 9.59 Å². The van der Waals surface area contributed by atoms with E-state index in [4.69, 9.17) is 11.6 Å². The topological polar surface area (TPSA) is 91.0 Å². The molecule has 0 bridgehead atoms. The number of pyridine rings is 1. The molecule has 0 saturated carbocycles. The summed E-state index contributed by atoms with van der Waals surface area (Å²) in [5.74, 6) is 0.570. The third-order valence-corrected chi connectivity index (χ3v) is 4.90. The molecular formula is C16H16ClN5O2S. The highest BCUT2D eigenvalue weighted by Crippen LogP contribution is 2.27. The van der Waals surface area contributed by atoms with Gasteiger partial charge in [-0.05, 0) is 38.7 Å². The minimum absolute atomic E-state index is 0.240. The number of fused-ring (bicyclic) bond motifs is 1. The van der Waals surface area contributed by atoms with Gasteiger partial charge in [-0.15, -0.1) is 11.3 Å². The molecule has 0 aliphatic heterocycles. The van der Waals surface area contributed by atoms with E-state index in [0.29, 0.717) is 43.9 Å². The maximum absolute atomic E-state index is 12.6. The van der Waals surface area contributed by atoms with E-state index < -0.39 is 0 Å². The van der Waals surface area contributed by atoms with E-state index in [0.717, 1.165) is 0 Å². The van der Waals surface area contributed by atoms with Crippen LogP contribution in [0.25, 0.3) is 10.2 Å². The molecule has 7 nitrogen and oxygen atoms in total. The number of hydrogen-bond donors (Lipinski definition) is 2. The van der Waals surface area contributed by atoms with E-state index in [1.807, 2.05) is 19.0 Å². The van der Waals surface area contributed by atoms with Crippen LogP contribution >= 0.6 is 22.9 Å². The molecule has 0 aliphatic rings. The summed E-state index contributed by atoms with van der Waals surface area (Å²) in [6.45, 7) is 2.25. The van der Waals surface area contributed by atoms with Crippen LogP contribution in [0.2, 0.25) is 5.02 Å². The van der Waals surface area contributed by atoms with Crippen molar-refractivity contribution in [2.24, 2.45) is 0 Å². The number of rotatable bonds is 4. The van der Waals surface area contributed by atoms with Gasteiger partial charge in [0, 0.05) is 11.2 Å². The first kappa shape index (κ1) is 17.5. The van der Waals surface area contributed by atoms with Gasteiger partial charge in [0.05, 0.1) is 16.8 Å². The highest BCUT2D eigenvalue weighted by atomic mass is 35.5. The van der Waals surface area contributed by atoms with Crippen LogP contribution in [-0.2, 0) is 6.54 Å². The van der Waals surface area contributed by atoms with Crippen molar-refractivity contribution < 1.29 is 4.79 Å². The normalized spacial score (nSPS) is 11.2. The van der Waals surface area contributed by atoms with Gasteiger partial charge in [-0.25, -0.2) is 9.97 Å². The molecule has 130 valence electrons. The molecule has 0 radical (unpaired) electrons. The fourth-order valence-electron chi connectivity index (χ4n) is 2.43. The Balaban J connectivity index is 1.99. The Morgan fingerprint density at radius 1 is 1.44 bits per heavy atom. The Hall–Kier alpha value is -2.29. The zero-order valence-electron chi connectivity index (χ0n) is 13.9. The van der Waals surface area contributed by atoms with Gasteiger partial charge >= 0.3 is 0 Å². The molecule has 3 rings (SSSR count). The summed E-state index contributed by atoms with van der Waals surface area (Å²) in [4.78, 5) is 39.1. The van der Waals surface area contributed by atoms with Crippen LogP contribution in [0.1, 0.15) is 21.1 Å². The number of aromatic nitrogens is 3. The molecule has 9 heteroatoms. The van der Waals surface area contributed by atoms with Gasteiger partial charge in [-0.2, -0.15) is 0 Å². The third kappa shape index (κ3) is 3.71. The van der Waals surface area contributed by atoms with Crippen molar-refractivity contribution in [3.63, 3.8) is 0 Å². The van der Waals surface area contributed by atoms with Crippen molar-refractivity contribution in [1.29, 1.82) is 0 Å². The van der Waals surface area contributed by atoms with E-state index in [1.165, 1.54) is 17.5 Å². The average molecular weight is 378 g/mol. The smallest absolute Gasteiger partial charge is 0.267 e. The zero-order valence-corrected chi connectivity index (χ0v) is 15.5. The third-order valence-electron chi connectivity index (χ3n) is 3.49. The average Bonchev–Trinajstić information content (AvgIpc) is 2.84. The quantitative estimate of drug-likeness (QED) is 0.729. The summed E-state index contributed by atoms with van der Waals surface area (Å²) in [6.07, 6.45) is 1.51. The molecule has 0 aliphatic carbocycles. The molecule has 0 aromatic carbocycles. The molecule has 0 atom stereocenters. The lowest BCUT2D eigenvalue weighted by atomic mass is 10.2. The van der Waals surface area contributed by atoms with Crippen LogP contribution in [-0.4, -0.2) is 39.9 Å². The predicted molar refractivity (Wildman–Crippen MR) is 99.6 cm³/mol. The highest BCUT2D eigenvalue weighted by molar-refractivity contribution is 7.20. The van der Waals surface area contributed by atoms with E-state index in [2.05, 4.69) is 20.3 Å². The second-order valence-electron chi connectivity index (χ2n) is 5.80. The molecule has 0 unspecified atom stereocenters. The maximum atomic E-state index is 12.6. The largest absolute Gasteiger partial charge is 0.309 e. The maximum Gasteiger partial charge on any atom is 0.267 e. The Morgan fingerprint density at radius 3 is 2.88 bits per heavy atom. The first-order valence-electron chi connectivity index (χ1n) is 7.45. The number of aryl methyl sites for hydroxylation is 1. The van der Waals surface area contributed by atoms with Crippen LogP contribution < -0.4 is 10.9 Å². The van der Waals surface area contributed by atoms with Crippen LogP contribution in [0, 0.1) is 6.92 Å². The number of carbonyl (C=O) groups excluding carboxylic acids is 1. The molecule has 0 saturated heterocycles. The number of thiophene rings is 1. The summed E-state index contributed by atoms with van der Waals surface area (Å²) < 4.78 is 0. The van der Waals surface area contributed by atoms with Gasteiger partial charge in [0.15, 0.2) is 0 Å². The molecular weight excluding hydrogens is 362 g/mol. The molecule has 0 spiro atoms. The number of aromatic amines is 1.